The van der Waals surface area contributed by atoms with Gasteiger partial charge in [0, 0.05) is 0 Å². The highest BCUT2D eigenvalue weighted by atomic mass is 16.5. The molecule has 2 rings (SSSR count). The summed E-state index contributed by atoms with van der Waals surface area (Å²) in [5.74, 6) is 1.65. The Labute approximate surface area is 128 Å². The first-order valence-corrected chi connectivity index (χ1v) is 7.00. The zero-order chi connectivity index (χ0) is 15.9. The second-order valence-electron chi connectivity index (χ2n) is 5.22. The Hall–Kier alpha value is -2.70. The van der Waals surface area contributed by atoms with Crippen molar-refractivity contribution in [2.45, 2.75) is 20.8 Å². The van der Waals surface area contributed by atoms with E-state index in [2.05, 4.69) is 39.6 Å². The third kappa shape index (κ3) is 4.69. The van der Waals surface area contributed by atoms with Crippen LogP contribution >= 0.6 is 0 Å². The number of benzene rings is 1. The molecule has 0 aliphatic carbocycles. The van der Waals surface area contributed by atoms with E-state index in [9.17, 15) is 4.79 Å². The number of rotatable bonds is 6. The molecular formula is C15H19N5O2. The van der Waals surface area contributed by atoms with Gasteiger partial charge in [0.1, 0.15) is 11.4 Å². The van der Waals surface area contributed by atoms with E-state index < -0.39 is 5.69 Å². The number of hydrazone groups is 1. The van der Waals surface area contributed by atoms with Crippen LogP contribution in [0.3, 0.4) is 0 Å². The highest BCUT2D eigenvalue weighted by Crippen LogP contribution is 2.12. The first kappa shape index (κ1) is 15.7. The van der Waals surface area contributed by atoms with E-state index in [1.807, 2.05) is 24.3 Å². The van der Waals surface area contributed by atoms with Gasteiger partial charge in [0.15, 0.2) is 5.82 Å². The zero-order valence-electron chi connectivity index (χ0n) is 12.8. The molecule has 0 bridgehead atoms. The molecule has 0 radical (unpaired) electrons. The monoisotopic (exact) mass is 301 g/mol. The van der Waals surface area contributed by atoms with Gasteiger partial charge in [-0.2, -0.15) is 15.2 Å². The molecule has 2 N–H and O–H groups in total. The number of nitrogens with one attached hydrogen (secondary N) is 2. The molecule has 22 heavy (non-hydrogen) atoms. The highest BCUT2D eigenvalue weighted by molar-refractivity contribution is 5.80. The summed E-state index contributed by atoms with van der Waals surface area (Å²) in [6, 6.07) is 7.58. The Bertz CT molecular complexity index is 692. The average molecular weight is 301 g/mol. The predicted octanol–water partition coefficient (Wildman–Crippen LogP) is 1.95. The topological polar surface area (TPSA) is 92.3 Å². The number of hydrogen-bond donors (Lipinski definition) is 2. The van der Waals surface area contributed by atoms with Gasteiger partial charge in [-0.05, 0) is 42.7 Å². The third-order valence-corrected chi connectivity index (χ3v) is 2.72. The Morgan fingerprint density at radius 2 is 2.09 bits per heavy atom. The zero-order valence-corrected chi connectivity index (χ0v) is 12.8. The van der Waals surface area contributed by atoms with Crippen LogP contribution in [0.25, 0.3) is 0 Å². The van der Waals surface area contributed by atoms with Gasteiger partial charge >= 0.3 is 5.69 Å². The lowest BCUT2D eigenvalue weighted by atomic mass is 10.2. The van der Waals surface area contributed by atoms with Crippen molar-refractivity contribution >= 4 is 12.0 Å². The summed E-state index contributed by atoms with van der Waals surface area (Å²) in [6.45, 7) is 6.62. The van der Waals surface area contributed by atoms with Crippen molar-refractivity contribution in [1.82, 2.24) is 15.2 Å². The van der Waals surface area contributed by atoms with Crippen molar-refractivity contribution in [3.63, 3.8) is 0 Å². The fourth-order valence-corrected chi connectivity index (χ4v) is 1.58. The quantitative estimate of drug-likeness (QED) is 0.628. The molecule has 0 amide bonds. The van der Waals surface area contributed by atoms with Crippen LogP contribution in [-0.2, 0) is 0 Å². The molecule has 7 nitrogen and oxygen atoms in total. The molecule has 0 saturated heterocycles. The second kappa shape index (κ2) is 7.35. The number of ether oxygens (including phenoxy) is 1. The maximum atomic E-state index is 11.1. The molecule has 0 saturated carbocycles. The molecule has 0 aliphatic rings. The molecule has 0 unspecified atom stereocenters. The molecule has 0 aliphatic heterocycles. The van der Waals surface area contributed by atoms with Crippen molar-refractivity contribution in [3.8, 4) is 5.75 Å². The van der Waals surface area contributed by atoms with Gasteiger partial charge in [0.25, 0.3) is 0 Å². The van der Waals surface area contributed by atoms with Crippen molar-refractivity contribution in [2.75, 3.05) is 12.0 Å². The average Bonchev–Trinajstić information content (AvgIpc) is 2.50. The Kier molecular flexibility index (Phi) is 5.24. The van der Waals surface area contributed by atoms with Crippen LogP contribution in [0.1, 0.15) is 25.1 Å². The fraction of sp³-hybridized carbons (Fsp3) is 0.333. The first-order valence-electron chi connectivity index (χ1n) is 7.00. The summed E-state index contributed by atoms with van der Waals surface area (Å²) in [5.41, 5.74) is 3.65. The van der Waals surface area contributed by atoms with E-state index in [4.69, 9.17) is 4.74 Å². The lowest BCUT2D eigenvalue weighted by Gasteiger charge is -2.08. The normalized spacial score (nSPS) is 11.1. The lowest BCUT2D eigenvalue weighted by molar-refractivity contribution is 0.271. The van der Waals surface area contributed by atoms with Gasteiger partial charge in [0.05, 0.1) is 12.8 Å². The summed E-state index contributed by atoms with van der Waals surface area (Å²) in [6.07, 6.45) is 1.63. The number of aryl methyl sites for hydroxylation is 1. The maximum absolute atomic E-state index is 11.1. The second-order valence-corrected chi connectivity index (χ2v) is 5.22. The number of H-pyrrole nitrogens is 1. The Morgan fingerprint density at radius 1 is 1.36 bits per heavy atom. The van der Waals surface area contributed by atoms with E-state index in [-0.39, 0.29) is 0 Å². The van der Waals surface area contributed by atoms with Crippen molar-refractivity contribution in [1.29, 1.82) is 0 Å². The van der Waals surface area contributed by atoms with Crippen molar-refractivity contribution < 1.29 is 4.74 Å². The molecule has 7 heteroatoms. The molecule has 116 valence electrons. The standard InChI is InChI=1S/C15H19N5O2/c1-10(2)9-22-13-6-4-12(5-7-13)8-16-19-14-11(3)18-20-15(21)17-14/h4-8,10H,9H2,1-3H3,(H2,17,19,20,21)/b16-8+. The van der Waals surface area contributed by atoms with Gasteiger partial charge < -0.3 is 4.74 Å². The molecule has 1 aromatic carbocycles. The fourth-order valence-electron chi connectivity index (χ4n) is 1.58. The minimum Gasteiger partial charge on any atom is -0.493 e. The van der Waals surface area contributed by atoms with Crippen LogP contribution < -0.4 is 15.9 Å². The number of aromatic nitrogens is 3. The molecule has 0 atom stereocenters. The molecule has 0 fully saturated rings. The largest absolute Gasteiger partial charge is 0.493 e. The summed E-state index contributed by atoms with van der Waals surface area (Å²) in [7, 11) is 0. The van der Waals surface area contributed by atoms with Crippen LogP contribution in [0, 0.1) is 12.8 Å². The van der Waals surface area contributed by atoms with E-state index in [1.165, 1.54) is 0 Å². The summed E-state index contributed by atoms with van der Waals surface area (Å²) in [5, 5.41) is 10.1. The molecule has 1 heterocycles. The Balaban J connectivity index is 1.95. The predicted molar refractivity (Wildman–Crippen MR) is 85.4 cm³/mol. The molecule has 1 aromatic heterocycles. The van der Waals surface area contributed by atoms with E-state index in [1.54, 1.807) is 13.1 Å². The van der Waals surface area contributed by atoms with E-state index in [0.717, 1.165) is 11.3 Å². The van der Waals surface area contributed by atoms with E-state index in [0.29, 0.717) is 24.0 Å². The minimum atomic E-state index is -0.519. The van der Waals surface area contributed by atoms with Gasteiger partial charge in [-0.1, -0.05) is 13.8 Å². The summed E-state index contributed by atoms with van der Waals surface area (Å²) >= 11 is 0. The smallest absolute Gasteiger partial charge is 0.363 e. The van der Waals surface area contributed by atoms with Crippen LogP contribution in [0.5, 0.6) is 5.75 Å². The number of anilines is 1. The minimum absolute atomic E-state index is 0.330. The highest BCUT2D eigenvalue weighted by Gasteiger charge is 2.00. The molecule has 0 spiro atoms. The molecular weight excluding hydrogens is 282 g/mol. The number of hydrogen-bond acceptors (Lipinski definition) is 6. The van der Waals surface area contributed by atoms with E-state index >= 15 is 0 Å². The van der Waals surface area contributed by atoms with Gasteiger partial charge in [-0.25, -0.2) is 9.89 Å². The lowest BCUT2D eigenvalue weighted by Crippen LogP contribution is -2.15. The number of aromatic amines is 1. The first-order chi connectivity index (χ1) is 10.5. The van der Waals surface area contributed by atoms with Crippen molar-refractivity contribution in [3.05, 3.63) is 46.0 Å². The third-order valence-electron chi connectivity index (χ3n) is 2.72. The van der Waals surface area contributed by atoms with Crippen LogP contribution in [0.2, 0.25) is 0 Å². The van der Waals surface area contributed by atoms with Crippen molar-refractivity contribution in [2.24, 2.45) is 11.0 Å². The van der Waals surface area contributed by atoms with Crippen LogP contribution in [0.4, 0.5) is 5.82 Å². The van der Waals surface area contributed by atoms with Gasteiger partial charge in [-0.3, -0.25) is 5.43 Å². The SMILES string of the molecule is Cc1n[nH]c(=O)nc1N/N=C/c1ccc(OCC(C)C)cc1. The number of nitrogens with zero attached hydrogens (tertiary/aromatic N) is 3. The van der Waals surface area contributed by atoms with Crippen LogP contribution in [-0.4, -0.2) is 28.0 Å². The summed E-state index contributed by atoms with van der Waals surface area (Å²) in [4.78, 5) is 14.8. The Morgan fingerprint density at radius 3 is 2.77 bits per heavy atom. The van der Waals surface area contributed by atoms with Crippen LogP contribution in [0.15, 0.2) is 34.2 Å². The maximum Gasteiger partial charge on any atom is 0.363 e. The molecule has 2 aromatic rings. The van der Waals surface area contributed by atoms with Gasteiger partial charge in [-0.15, -0.1) is 0 Å². The summed E-state index contributed by atoms with van der Waals surface area (Å²) < 4.78 is 5.61. The van der Waals surface area contributed by atoms with Gasteiger partial charge in [0.2, 0.25) is 0 Å².